The second-order valence-corrected chi connectivity index (χ2v) is 8.13. The van der Waals surface area contributed by atoms with Crippen LogP contribution >= 0.6 is 11.3 Å². The molecular formula is C15H19N3O5S2. The van der Waals surface area contributed by atoms with Crippen LogP contribution in [0.5, 0.6) is 5.88 Å². The van der Waals surface area contributed by atoms with Gasteiger partial charge in [0.05, 0.1) is 16.2 Å². The second kappa shape index (κ2) is 8.28. The topological polar surface area (TPSA) is 128 Å². The molecule has 0 spiro atoms. The number of carbonyl (C=O) groups excluding carboxylic acids is 1. The van der Waals surface area contributed by atoms with Crippen molar-refractivity contribution in [1.29, 1.82) is 0 Å². The van der Waals surface area contributed by atoms with Crippen LogP contribution in [0.25, 0.3) is 0 Å². The average molecular weight is 385 g/mol. The van der Waals surface area contributed by atoms with E-state index in [0.29, 0.717) is 12.2 Å². The molecule has 1 amide bonds. The molecule has 0 saturated carbocycles. The third kappa shape index (κ3) is 5.41. The third-order valence-corrected chi connectivity index (χ3v) is 5.60. The Morgan fingerprint density at radius 3 is 2.76 bits per heavy atom. The lowest BCUT2D eigenvalue weighted by Crippen LogP contribution is -2.25. The van der Waals surface area contributed by atoms with Crippen molar-refractivity contribution in [3.8, 4) is 5.88 Å². The highest BCUT2D eigenvalue weighted by Crippen LogP contribution is 2.19. The molecule has 4 N–H and O–H groups in total. The minimum absolute atomic E-state index is 0.0514. The van der Waals surface area contributed by atoms with Crippen LogP contribution in [0.15, 0.2) is 34.0 Å². The number of sulfonamides is 1. The molecule has 1 aromatic carbocycles. The smallest absolute Gasteiger partial charge is 0.307 e. The number of amides is 1. The van der Waals surface area contributed by atoms with Crippen LogP contribution in [0.3, 0.4) is 0 Å². The molecule has 2 rings (SSSR count). The number of H-pyrrole nitrogens is 1. The minimum Gasteiger partial charge on any atom is -0.494 e. The van der Waals surface area contributed by atoms with Crippen LogP contribution in [0.4, 0.5) is 5.69 Å². The van der Waals surface area contributed by atoms with Crippen molar-refractivity contribution >= 4 is 33.0 Å². The number of hydrogen-bond acceptors (Lipinski definition) is 6. The molecule has 0 bridgehead atoms. The lowest BCUT2D eigenvalue weighted by molar-refractivity contribution is -0.115. The molecule has 2 aromatic rings. The summed E-state index contributed by atoms with van der Waals surface area (Å²) in [5, 5.41) is 12.0. The number of aromatic hydroxyl groups is 1. The van der Waals surface area contributed by atoms with E-state index in [1.54, 1.807) is 6.07 Å². The summed E-state index contributed by atoms with van der Waals surface area (Å²) in [6, 6.07) is 5.87. The van der Waals surface area contributed by atoms with Crippen molar-refractivity contribution < 1.29 is 18.3 Å². The van der Waals surface area contributed by atoms with Gasteiger partial charge in [0.2, 0.25) is 21.8 Å². The highest BCUT2D eigenvalue weighted by Gasteiger charge is 2.15. The first-order valence-corrected chi connectivity index (χ1v) is 9.92. The molecule has 25 heavy (non-hydrogen) atoms. The van der Waals surface area contributed by atoms with Crippen molar-refractivity contribution in [3.05, 3.63) is 38.8 Å². The van der Waals surface area contributed by atoms with E-state index in [2.05, 4.69) is 15.0 Å². The first-order valence-electron chi connectivity index (χ1n) is 7.62. The molecule has 0 aliphatic rings. The summed E-state index contributed by atoms with van der Waals surface area (Å²) >= 11 is 0.744. The third-order valence-electron chi connectivity index (χ3n) is 3.27. The fourth-order valence-corrected chi connectivity index (χ4v) is 3.87. The Hall–Kier alpha value is -2.17. The molecule has 1 heterocycles. The first-order chi connectivity index (χ1) is 11.8. The average Bonchev–Trinajstić information content (AvgIpc) is 2.85. The Bertz CT molecular complexity index is 902. The summed E-state index contributed by atoms with van der Waals surface area (Å²) in [6.45, 7) is 2.31. The summed E-state index contributed by atoms with van der Waals surface area (Å²) < 4.78 is 26.9. The van der Waals surface area contributed by atoms with Gasteiger partial charge < -0.3 is 10.4 Å². The van der Waals surface area contributed by atoms with Gasteiger partial charge in [0.1, 0.15) is 0 Å². The fraction of sp³-hybridized carbons (Fsp3) is 0.333. The van der Waals surface area contributed by atoms with E-state index in [1.165, 1.54) is 18.2 Å². The van der Waals surface area contributed by atoms with Crippen LogP contribution in [-0.4, -0.2) is 31.0 Å². The lowest BCUT2D eigenvalue weighted by atomic mass is 10.3. The lowest BCUT2D eigenvalue weighted by Gasteiger charge is -2.09. The Labute approximate surface area is 149 Å². The summed E-state index contributed by atoms with van der Waals surface area (Å²) in [7, 11) is -3.64. The Morgan fingerprint density at radius 1 is 1.36 bits per heavy atom. The van der Waals surface area contributed by atoms with Gasteiger partial charge in [-0.1, -0.05) is 30.7 Å². The maximum absolute atomic E-state index is 12.2. The number of rotatable bonds is 8. The van der Waals surface area contributed by atoms with Crippen LogP contribution in [0.2, 0.25) is 0 Å². The van der Waals surface area contributed by atoms with Crippen molar-refractivity contribution in [1.82, 2.24) is 9.71 Å². The second-order valence-electron chi connectivity index (χ2n) is 5.29. The number of aromatic amines is 1. The number of hydrogen-bond donors (Lipinski definition) is 4. The van der Waals surface area contributed by atoms with Crippen molar-refractivity contribution in [2.24, 2.45) is 0 Å². The van der Waals surface area contributed by atoms with Crippen LogP contribution in [-0.2, 0) is 21.2 Å². The molecule has 0 fully saturated rings. The van der Waals surface area contributed by atoms with E-state index in [4.69, 9.17) is 0 Å². The normalized spacial score (nSPS) is 11.4. The van der Waals surface area contributed by atoms with Gasteiger partial charge in [-0.3, -0.25) is 14.6 Å². The standard InChI is InChI=1S/C15H19N3O5S2/c1-2-3-7-16-25(22,23)11-6-4-5-10(8-11)17-13(19)9-12-14(20)18-15(21)24-12/h4-6,8,16,20H,2-3,7,9H2,1H3,(H,17,19)(H,18,21). The summed E-state index contributed by atoms with van der Waals surface area (Å²) in [6.07, 6.45) is 1.41. The van der Waals surface area contributed by atoms with Crippen LogP contribution < -0.4 is 14.9 Å². The fourth-order valence-electron chi connectivity index (χ4n) is 2.03. The molecule has 0 atom stereocenters. The van der Waals surface area contributed by atoms with Crippen molar-refractivity contribution in [3.63, 3.8) is 0 Å². The van der Waals surface area contributed by atoms with E-state index in [-0.39, 0.29) is 22.1 Å². The van der Waals surface area contributed by atoms with Gasteiger partial charge in [0.15, 0.2) is 0 Å². The molecule has 0 saturated heterocycles. The van der Waals surface area contributed by atoms with Crippen LogP contribution in [0.1, 0.15) is 24.6 Å². The zero-order chi connectivity index (χ0) is 18.4. The number of thiazole rings is 1. The van der Waals surface area contributed by atoms with Gasteiger partial charge in [0, 0.05) is 12.2 Å². The molecular weight excluding hydrogens is 366 g/mol. The Kier molecular flexibility index (Phi) is 6.34. The molecule has 136 valence electrons. The predicted molar refractivity (Wildman–Crippen MR) is 95.5 cm³/mol. The molecule has 1 aromatic heterocycles. The number of unbranched alkanes of at least 4 members (excludes halogenated alkanes) is 1. The van der Waals surface area contributed by atoms with E-state index >= 15 is 0 Å². The highest BCUT2D eigenvalue weighted by molar-refractivity contribution is 7.89. The molecule has 10 heteroatoms. The van der Waals surface area contributed by atoms with Crippen molar-refractivity contribution in [2.75, 3.05) is 11.9 Å². The maximum atomic E-state index is 12.2. The number of benzene rings is 1. The zero-order valence-corrected chi connectivity index (χ0v) is 15.2. The number of aromatic nitrogens is 1. The number of anilines is 1. The van der Waals surface area contributed by atoms with Gasteiger partial charge in [-0.2, -0.15) is 0 Å². The predicted octanol–water partition coefficient (Wildman–Crippen LogP) is 1.40. The van der Waals surface area contributed by atoms with Gasteiger partial charge in [-0.15, -0.1) is 0 Å². The molecule has 8 nitrogen and oxygen atoms in total. The van der Waals surface area contributed by atoms with E-state index in [9.17, 15) is 23.1 Å². The van der Waals surface area contributed by atoms with Gasteiger partial charge >= 0.3 is 4.87 Å². The van der Waals surface area contributed by atoms with Gasteiger partial charge in [-0.25, -0.2) is 13.1 Å². The van der Waals surface area contributed by atoms with E-state index < -0.39 is 20.8 Å². The van der Waals surface area contributed by atoms with Crippen LogP contribution in [0, 0.1) is 0 Å². The number of nitrogens with one attached hydrogen (secondary N) is 3. The van der Waals surface area contributed by atoms with Crippen molar-refractivity contribution in [2.45, 2.75) is 31.1 Å². The SMILES string of the molecule is CCCCNS(=O)(=O)c1cccc(NC(=O)Cc2sc(=O)[nH]c2O)c1. The maximum Gasteiger partial charge on any atom is 0.307 e. The summed E-state index contributed by atoms with van der Waals surface area (Å²) in [5.74, 6) is -0.805. The molecule has 0 radical (unpaired) electrons. The molecule has 0 unspecified atom stereocenters. The Balaban J connectivity index is 2.07. The quantitative estimate of drug-likeness (QED) is 0.511. The summed E-state index contributed by atoms with van der Waals surface area (Å²) in [4.78, 5) is 25.1. The molecule has 0 aliphatic carbocycles. The number of carbonyl (C=O) groups is 1. The largest absolute Gasteiger partial charge is 0.494 e. The zero-order valence-electron chi connectivity index (χ0n) is 13.5. The molecule has 0 aliphatic heterocycles. The Morgan fingerprint density at radius 2 is 2.12 bits per heavy atom. The van der Waals surface area contributed by atoms with E-state index in [1.807, 2.05) is 6.92 Å². The highest BCUT2D eigenvalue weighted by atomic mass is 32.2. The monoisotopic (exact) mass is 385 g/mol. The minimum atomic E-state index is -3.64. The van der Waals surface area contributed by atoms with Gasteiger partial charge in [0.25, 0.3) is 0 Å². The first kappa shape index (κ1) is 19.2. The summed E-state index contributed by atoms with van der Waals surface area (Å²) in [5.41, 5.74) is 0.311. The van der Waals surface area contributed by atoms with E-state index in [0.717, 1.165) is 24.2 Å². The van der Waals surface area contributed by atoms with Gasteiger partial charge in [-0.05, 0) is 24.6 Å².